The van der Waals surface area contributed by atoms with E-state index in [1.807, 2.05) is 0 Å². The summed E-state index contributed by atoms with van der Waals surface area (Å²) in [7, 11) is 0. The number of esters is 1. The molecular formula is C19H17ClN2O5. The molecule has 0 aromatic heterocycles. The molecule has 2 amide bonds. The van der Waals surface area contributed by atoms with Gasteiger partial charge in [-0.2, -0.15) is 0 Å². The molecule has 2 aromatic carbocycles. The minimum atomic E-state index is -1.31. The summed E-state index contributed by atoms with van der Waals surface area (Å²) in [6, 6.07) is 12.9. The van der Waals surface area contributed by atoms with E-state index in [0.29, 0.717) is 10.6 Å². The first-order valence-corrected chi connectivity index (χ1v) is 8.34. The van der Waals surface area contributed by atoms with Crippen LogP contribution in [-0.4, -0.2) is 36.2 Å². The van der Waals surface area contributed by atoms with Crippen LogP contribution in [0.1, 0.15) is 27.1 Å². The molecule has 3 N–H and O–H groups in total. The number of ketones is 1. The summed E-state index contributed by atoms with van der Waals surface area (Å²) < 4.78 is 4.95. The fourth-order valence-corrected chi connectivity index (χ4v) is 2.31. The van der Waals surface area contributed by atoms with E-state index in [1.165, 1.54) is 24.3 Å². The van der Waals surface area contributed by atoms with Crippen molar-refractivity contribution in [3.63, 3.8) is 0 Å². The summed E-state index contributed by atoms with van der Waals surface area (Å²) >= 11 is 5.76. The molecule has 0 aliphatic heterocycles. The van der Waals surface area contributed by atoms with E-state index in [2.05, 4.69) is 5.32 Å². The Morgan fingerprint density at radius 2 is 1.59 bits per heavy atom. The quantitative estimate of drug-likeness (QED) is 0.528. The van der Waals surface area contributed by atoms with Gasteiger partial charge in [0.05, 0.1) is 6.42 Å². The Morgan fingerprint density at radius 1 is 0.963 bits per heavy atom. The minimum absolute atomic E-state index is 0.238. The average molecular weight is 389 g/mol. The van der Waals surface area contributed by atoms with Crippen LogP contribution in [0.5, 0.6) is 0 Å². The number of Topliss-reactive ketones (excluding diaryl/α,β-unsaturated/α-hetero) is 1. The average Bonchev–Trinajstić information content (AvgIpc) is 2.66. The number of hydrogen-bond acceptors (Lipinski definition) is 5. The molecule has 140 valence electrons. The van der Waals surface area contributed by atoms with Crippen molar-refractivity contribution in [1.82, 2.24) is 5.32 Å². The molecule has 8 heteroatoms. The second kappa shape index (κ2) is 9.49. The molecule has 0 radical (unpaired) electrons. The lowest BCUT2D eigenvalue weighted by Crippen LogP contribution is -2.44. The Balaban J connectivity index is 2.00. The molecule has 0 aliphatic rings. The van der Waals surface area contributed by atoms with Crippen LogP contribution in [0.15, 0.2) is 54.6 Å². The SMILES string of the molecule is NC(=O)C[C@H](NC(=O)c1ccc(Cl)cc1)C(=O)OCC(=O)c1ccccc1. The second-order valence-electron chi connectivity index (χ2n) is 5.60. The highest BCUT2D eigenvalue weighted by Crippen LogP contribution is 2.10. The minimum Gasteiger partial charge on any atom is -0.456 e. The van der Waals surface area contributed by atoms with Crippen LogP contribution in [0.4, 0.5) is 0 Å². The maximum absolute atomic E-state index is 12.2. The fourth-order valence-electron chi connectivity index (χ4n) is 2.18. The molecular weight excluding hydrogens is 372 g/mol. The number of rotatable bonds is 8. The zero-order valence-electron chi connectivity index (χ0n) is 14.2. The number of nitrogens with two attached hydrogens (primary N) is 1. The molecule has 2 aromatic rings. The number of halogens is 1. The van der Waals surface area contributed by atoms with Gasteiger partial charge in [-0.3, -0.25) is 14.4 Å². The molecule has 0 heterocycles. The van der Waals surface area contributed by atoms with Gasteiger partial charge >= 0.3 is 5.97 Å². The Kier molecular flexibility index (Phi) is 7.08. The summed E-state index contributed by atoms with van der Waals surface area (Å²) in [5.74, 6) is -2.75. The van der Waals surface area contributed by atoms with Crippen molar-refractivity contribution < 1.29 is 23.9 Å². The van der Waals surface area contributed by atoms with Crippen LogP contribution < -0.4 is 11.1 Å². The summed E-state index contributed by atoms with van der Waals surface area (Å²) in [6.07, 6.45) is -0.461. The highest BCUT2D eigenvalue weighted by Gasteiger charge is 2.25. The number of ether oxygens (including phenoxy) is 1. The van der Waals surface area contributed by atoms with Crippen molar-refractivity contribution >= 4 is 35.2 Å². The van der Waals surface area contributed by atoms with E-state index < -0.39 is 42.6 Å². The standard InChI is InChI=1S/C19H17ClN2O5/c20-14-8-6-13(7-9-14)18(25)22-15(10-17(21)24)19(26)27-11-16(23)12-4-2-1-3-5-12/h1-9,15H,10-11H2,(H2,21,24)(H,22,25)/t15-/m0/s1. The highest BCUT2D eigenvalue weighted by atomic mass is 35.5. The third-order valence-corrected chi connectivity index (χ3v) is 3.79. The molecule has 7 nitrogen and oxygen atoms in total. The zero-order chi connectivity index (χ0) is 19.8. The van der Waals surface area contributed by atoms with Gasteiger partial charge in [0.25, 0.3) is 5.91 Å². The Morgan fingerprint density at radius 3 is 2.19 bits per heavy atom. The van der Waals surface area contributed by atoms with Crippen molar-refractivity contribution in [3.05, 3.63) is 70.7 Å². The summed E-state index contributed by atoms with van der Waals surface area (Å²) in [4.78, 5) is 47.7. The molecule has 1 atom stereocenters. The van der Waals surface area contributed by atoms with Gasteiger partial charge in [-0.15, -0.1) is 0 Å². The van der Waals surface area contributed by atoms with Crippen molar-refractivity contribution in [2.45, 2.75) is 12.5 Å². The number of carbonyl (C=O) groups is 4. The molecule has 0 aliphatic carbocycles. The monoisotopic (exact) mass is 388 g/mol. The lowest BCUT2D eigenvalue weighted by atomic mass is 10.1. The van der Waals surface area contributed by atoms with Gasteiger partial charge in [0.15, 0.2) is 12.4 Å². The second-order valence-corrected chi connectivity index (χ2v) is 6.04. The largest absolute Gasteiger partial charge is 0.456 e. The maximum Gasteiger partial charge on any atom is 0.329 e. The molecule has 0 saturated carbocycles. The van der Waals surface area contributed by atoms with Crippen LogP contribution in [0.2, 0.25) is 5.02 Å². The number of amides is 2. The third kappa shape index (κ3) is 6.23. The van der Waals surface area contributed by atoms with Crippen LogP contribution in [0, 0.1) is 0 Å². The van der Waals surface area contributed by atoms with Gasteiger partial charge in [0.2, 0.25) is 5.91 Å². The third-order valence-electron chi connectivity index (χ3n) is 3.54. The molecule has 0 unspecified atom stereocenters. The lowest BCUT2D eigenvalue weighted by molar-refractivity contribution is -0.146. The normalized spacial score (nSPS) is 11.3. The molecule has 27 heavy (non-hydrogen) atoms. The van der Waals surface area contributed by atoms with Crippen LogP contribution in [0.3, 0.4) is 0 Å². The molecule has 0 bridgehead atoms. The van der Waals surface area contributed by atoms with E-state index in [1.54, 1.807) is 30.3 Å². The van der Waals surface area contributed by atoms with Crippen molar-refractivity contribution in [1.29, 1.82) is 0 Å². The number of nitrogens with one attached hydrogen (secondary N) is 1. The summed E-state index contributed by atoms with van der Waals surface area (Å²) in [5.41, 5.74) is 5.74. The first-order valence-electron chi connectivity index (χ1n) is 7.96. The van der Waals surface area contributed by atoms with Crippen molar-refractivity contribution in [3.8, 4) is 0 Å². The van der Waals surface area contributed by atoms with E-state index >= 15 is 0 Å². The van der Waals surface area contributed by atoms with E-state index in [-0.39, 0.29) is 5.56 Å². The maximum atomic E-state index is 12.2. The van der Waals surface area contributed by atoms with Crippen LogP contribution in [0.25, 0.3) is 0 Å². The Bertz CT molecular complexity index is 837. The lowest BCUT2D eigenvalue weighted by Gasteiger charge is -2.16. The number of benzene rings is 2. The van der Waals surface area contributed by atoms with Gasteiger partial charge < -0.3 is 15.8 Å². The highest BCUT2D eigenvalue weighted by molar-refractivity contribution is 6.30. The first kappa shape index (κ1) is 20.1. The molecule has 0 fully saturated rings. The van der Waals surface area contributed by atoms with Gasteiger partial charge in [0, 0.05) is 16.1 Å². The van der Waals surface area contributed by atoms with E-state index in [9.17, 15) is 19.2 Å². The van der Waals surface area contributed by atoms with Gasteiger partial charge in [0.1, 0.15) is 6.04 Å². The predicted molar refractivity (Wildman–Crippen MR) is 98.2 cm³/mol. The van der Waals surface area contributed by atoms with Gasteiger partial charge in [-0.1, -0.05) is 41.9 Å². The Hall–Kier alpha value is -3.19. The van der Waals surface area contributed by atoms with Crippen molar-refractivity contribution in [2.75, 3.05) is 6.61 Å². The van der Waals surface area contributed by atoms with Crippen LogP contribution >= 0.6 is 11.6 Å². The number of carbonyl (C=O) groups excluding carboxylic acids is 4. The zero-order valence-corrected chi connectivity index (χ0v) is 14.9. The summed E-state index contributed by atoms with van der Waals surface area (Å²) in [6.45, 7) is -0.519. The number of primary amides is 1. The number of hydrogen-bond donors (Lipinski definition) is 2. The molecule has 0 spiro atoms. The smallest absolute Gasteiger partial charge is 0.329 e. The fraction of sp³-hybridized carbons (Fsp3) is 0.158. The van der Waals surface area contributed by atoms with Gasteiger partial charge in [-0.05, 0) is 24.3 Å². The summed E-state index contributed by atoms with van der Waals surface area (Å²) in [5, 5.41) is 2.82. The van der Waals surface area contributed by atoms with Gasteiger partial charge in [-0.25, -0.2) is 4.79 Å². The Labute approximate surface area is 160 Å². The van der Waals surface area contributed by atoms with E-state index in [0.717, 1.165) is 0 Å². The first-order chi connectivity index (χ1) is 12.9. The predicted octanol–water partition coefficient (Wildman–Crippen LogP) is 1.74. The van der Waals surface area contributed by atoms with E-state index in [4.69, 9.17) is 22.1 Å². The van der Waals surface area contributed by atoms with Crippen molar-refractivity contribution in [2.24, 2.45) is 5.73 Å². The van der Waals surface area contributed by atoms with Crippen LogP contribution in [-0.2, 0) is 14.3 Å². The molecule has 2 rings (SSSR count). The topological polar surface area (TPSA) is 116 Å². The molecule has 0 saturated heterocycles.